The van der Waals surface area contributed by atoms with E-state index in [0.29, 0.717) is 18.1 Å². The van der Waals surface area contributed by atoms with Crippen LogP contribution in [-0.2, 0) is 22.7 Å². The smallest absolute Gasteiger partial charge is 0.223 e. The van der Waals surface area contributed by atoms with Gasteiger partial charge in [-0.3, -0.25) is 9.59 Å². The number of benzene rings is 1. The highest BCUT2D eigenvalue weighted by molar-refractivity contribution is 6.31. The average molecular weight is 307 g/mol. The van der Waals surface area contributed by atoms with Crippen molar-refractivity contribution in [1.29, 1.82) is 0 Å². The van der Waals surface area contributed by atoms with Crippen LogP contribution in [0.5, 0.6) is 0 Å². The maximum absolute atomic E-state index is 11.7. The minimum atomic E-state index is 0.110. The fourth-order valence-corrected chi connectivity index (χ4v) is 2.41. The van der Waals surface area contributed by atoms with E-state index in [1.54, 1.807) is 0 Å². The average Bonchev–Trinajstić information content (AvgIpc) is 3.35. The molecule has 0 heterocycles. The molecule has 2 fully saturated rings. The van der Waals surface area contributed by atoms with Gasteiger partial charge in [0.2, 0.25) is 11.8 Å². The second kappa shape index (κ2) is 6.06. The van der Waals surface area contributed by atoms with Crippen LogP contribution in [0.3, 0.4) is 0 Å². The molecule has 0 aromatic heterocycles. The lowest BCUT2D eigenvalue weighted by Crippen LogP contribution is -2.25. The molecule has 0 radical (unpaired) electrons. The van der Waals surface area contributed by atoms with Crippen molar-refractivity contribution in [1.82, 2.24) is 10.6 Å². The van der Waals surface area contributed by atoms with Gasteiger partial charge in [-0.1, -0.05) is 23.7 Å². The Morgan fingerprint density at radius 3 is 2.14 bits per heavy atom. The summed E-state index contributed by atoms with van der Waals surface area (Å²) in [5, 5.41) is 6.48. The molecular weight excluding hydrogens is 288 g/mol. The van der Waals surface area contributed by atoms with Gasteiger partial charge in [0, 0.05) is 29.9 Å². The number of amides is 2. The van der Waals surface area contributed by atoms with Crippen LogP contribution >= 0.6 is 11.6 Å². The number of halogens is 1. The predicted molar refractivity (Wildman–Crippen MR) is 80.6 cm³/mol. The van der Waals surface area contributed by atoms with Crippen LogP contribution in [0.25, 0.3) is 0 Å². The Hall–Kier alpha value is -1.55. The molecule has 4 nitrogen and oxygen atoms in total. The summed E-state index contributed by atoms with van der Waals surface area (Å²) in [6.45, 7) is 0.953. The first-order valence-electron chi connectivity index (χ1n) is 7.46. The molecule has 2 amide bonds. The van der Waals surface area contributed by atoms with Gasteiger partial charge >= 0.3 is 0 Å². The number of rotatable bonds is 6. The van der Waals surface area contributed by atoms with E-state index < -0.39 is 0 Å². The molecule has 5 heteroatoms. The molecule has 2 aliphatic carbocycles. The van der Waals surface area contributed by atoms with E-state index >= 15 is 0 Å². The summed E-state index contributed by atoms with van der Waals surface area (Å²) in [6, 6.07) is 5.67. The topological polar surface area (TPSA) is 58.2 Å². The van der Waals surface area contributed by atoms with E-state index in [1.165, 1.54) is 0 Å². The molecule has 0 spiro atoms. The Morgan fingerprint density at radius 2 is 1.57 bits per heavy atom. The monoisotopic (exact) mass is 306 g/mol. The van der Waals surface area contributed by atoms with Crippen molar-refractivity contribution >= 4 is 23.4 Å². The van der Waals surface area contributed by atoms with E-state index in [0.717, 1.165) is 36.8 Å². The summed E-state index contributed by atoms with van der Waals surface area (Å²) >= 11 is 6.16. The Morgan fingerprint density at radius 1 is 1.00 bits per heavy atom. The third-order valence-electron chi connectivity index (χ3n) is 3.93. The second-order valence-electron chi connectivity index (χ2n) is 5.91. The number of nitrogens with one attached hydrogen (secondary N) is 2. The summed E-state index contributed by atoms with van der Waals surface area (Å²) in [6.07, 6.45) is 4.00. The van der Waals surface area contributed by atoms with Crippen LogP contribution in [0.2, 0.25) is 5.02 Å². The molecule has 0 saturated heterocycles. The van der Waals surface area contributed by atoms with Crippen molar-refractivity contribution in [3.05, 3.63) is 34.3 Å². The molecule has 21 heavy (non-hydrogen) atoms. The van der Waals surface area contributed by atoms with E-state index in [-0.39, 0.29) is 23.7 Å². The summed E-state index contributed by atoms with van der Waals surface area (Å²) in [5.74, 6) is 0.659. The van der Waals surface area contributed by atoms with Gasteiger partial charge < -0.3 is 10.6 Å². The molecular formula is C16H19ClN2O2. The molecule has 2 saturated carbocycles. The summed E-state index contributed by atoms with van der Waals surface area (Å²) < 4.78 is 0. The third kappa shape index (κ3) is 3.97. The van der Waals surface area contributed by atoms with Gasteiger partial charge in [0.15, 0.2) is 0 Å². The van der Waals surface area contributed by atoms with Gasteiger partial charge in [0.1, 0.15) is 0 Å². The van der Waals surface area contributed by atoms with Crippen LogP contribution in [0, 0.1) is 11.8 Å². The summed E-state index contributed by atoms with van der Waals surface area (Å²) in [7, 11) is 0. The van der Waals surface area contributed by atoms with E-state index in [4.69, 9.17) is 11.6 Å². The SMILES string of the molecule is O=C(NCc1ccc(Cl)c(CNC(=O)C2CC2)c1)C1CC1. The van der Waals surface area contributed by atoms with Crippen molar-refractivity contribution in [2.24, 2.45) is 11.8 Å². The van der Waals surface area contributed by atoms with Crippen molar-refractivity contribution in [2.75, 3.05) is 0 Å². The zero-order chi connectivity index (χ0) is 14.8. The highest BCUT2D eigenvalue weighted by Gasteiger charge is 2.30. The van der Waals surface area contributed by atoms with Crippen LogP contribution in [-0.4, -0.2) is 11.8 Å². The lowest BCUT2D eigenvalue weighted by Gasteiger charge is -2.10. The zero-order valence-corrected chi connectivity index (χ0v) is 12.6. The van der Waals surface area contributed by atoms with Gasteiger partial charge in [0.25, 0.3) is 0 Å². The van der Waals surface area contributed by atoms with Gasteiger partial charge in [-0.2, -0.15) is 0 Å². The minimum absolute atomic E-state index is 0.110. The quantitative estimate of drug-likeness (QED) is 0.848. The van der Waals surface area contributed by atoms with Crippen LogP contribution in [0.1, 0.15) is 36.8 Å². The molecule has 0 unspecified atom stereocenters. The van der Waals surface area contributed by atoms with Crippen LogP contribution in [0.15, 0.2) is 18.2 Å². The first-order valence-corrected chi connectivity index (χ1v) is 7.84. The second-order valence-corrected chi connectivity index (χ2v) is 6.32. The molecule has 3 rings (SSSR count). The lowest BCUT2D eigenvalue weighted by molar-refractivity contribution is -0.123. The summed E-state index contributed by atoms with van der Waals surface area (Å²) in [4.78, 5) is 23.3. The first kappa shape index (κ1) is 14.4. The largest absolute Gasteiger partial charge is 0.352 e. The van der Waals surface area contributed by atoms with Crippen molar-refractivity contribution < 1.29 is 9.59 Å². The van der Waals surface area contributed by atoms with Gasteiger partial charge in [-0.05, 0) is 42.9 Å². The maximum atomic E-state index is 11.7. The molecule has 2 aliphatic rings. The van der Waals surface area contributed by atoms with Crippen molar-refractivity contribution in [3.63, 3.8) is 0 Å². The Kier molecular flexibility index (Phi) is 4.15. The lowest BCUT2D eigenvalue weighted by atomic mass is 10.1. The number of carbonyl (C=O) groups excluding carboxylic acids is 2. The molecule has 2 N–H and O–H groups in total. The first-order chi connectivity index (χ1) is 10.1. The minimum Gasteiger partial charge on any atom is -0.352 e. The summed E-state index contributed by atoms with van der Waals surface area (Å²) in [5.41, 5.74) is 1.90. The van der Waals surface area contributed by atoms with Crippen LogP contribution < -0.4 is 10.6 Å². The molecule has 1 aromatic rings. The Bertz CT molecular complexity index is 565. The molecule has 0 atom stereocenters. The van der Waals surface area contributed by atoms with Gasteiger partial charge in [-0.15, -0.1) is 0 Å². The zero-order valence-electron chi connectivity index (χ0n) is 11.8. The number of hydrogen-bond acceptors (Lipinski definition) is 2. The fraction of sp³-hybridized carbons (Fsp3) is 0.500. The van der Waals surface area contributed by atoms with E-state index in [9.17, 15) is 9.59 Å². The standard InChI is InChI=1S/C16H19ClN2O2/c17-14-6-1-10(8-18-15(20)11-2-3-11)7-13(14)9-19-16(21)12-4-5-12/h1,6-7,11-12H,2-5,8-9H2,(H,18,20)(H,19,21). The Labute approximate surface area is 129 Å². The molecule has 1 aromatic carbocycles. The highest BCUT2D eigenvalue weighted by Crippen LogP contribution is 2.29. The van der Waals surface area contributed by atoms with Crippen molar-refractivity contribution in [3.8, 4) is 0 Å². The maximum Gasteiger partial charge on any atom is 0.223 e. The van der Waals surface area contributed by atoms with Crippen LogP contribution in [0.4, 0.5) is 0 Å². The third-order valence-corrected chi connectivity index (χ3v) is 4.29. The molecule has 0 aliphatic heterocycles. The predicted octanol–water partition coefficient (Wildman–Crippen LogP) is 2.39. The fourth-order valence-electron chi connectivity index (χ4n) is 2.22. The van der Waals surface area contributed by atoms with E-state index in [1.807, 2.05) is 18.2 Å². The van der Waals surface area contributed by atoms with E-state index in [2.05, 4.69) is 10.6 Å². The van der Waals surface area contributed by atoms with Crippen molar-refractivity contribution in [2.45, 2.75) is 38.8 Å². The van der Waals surface area contributed by atoms with Gasteiger partial charge in [0.05, 0.1) is 0 Å². The highest BCUT2D eigenvalue weighted by atomic mass is 35.5. The molecule has 0 bridgehead atoms. The van der Waals surface area contributed by atoms with Gasteiger partial charge in [-0.25, -0.2) is 0 Å². The number of hydrogen-bond donors (Lipinski definition) is 2. The Balaban J connectivity index is 1.55. The number of carbonyl (C=O) groups is 2. The normalized spacial score (nSPS) is 17.4. The molecule has 112 valence electrons.